The van der Waals surface area contributed by atoms with E-state index in [1.807, 2.05) is 0 Å². The van der Waals surface area contributed by atoms with E-state index in [0.29, 0.717) is 0 Å². The molecule has 0 aromatic carbocycles. The van der Waals surface area contributed by atoms with Crippen molar-refractivity contribution in [2.45, 2.75) is 183 Å². The second kappa shape index (κ2) is 11.5. The average Bonchev–Trinajstić information content (AvgIpc) is 2.41. The number of rotatable bonds is 12. The Kier molecular flexibility index (Phi) is 12.3. The molecule has 0 aliphatic rings. The van der Waals surface area contributed by atoms with Crippen molar-refractivity contribution >= 4 is 94.1 Å². The standard InChI is InChI=1S/3C10H27Si3.In/c3*1-11(2,3)10(12(4,5)6)13(7,8)9;/h3*1-9H3;. The molecule has 0 bridgehead atoms. The van der Waals surface area contributed by atoms with E-state index in [9.17, 15) is 0 Å². The molecular formula is C30H81InSi9. The van der Waals surface area contributed by atoms with E-state index >= 15 is 0 Å². The first-order valence-corrected chi connectivity index (χ1v) is 53.1. The molecule has 10 heteroatoms. The van der Waals surface area contributed by atoms with E-state index in [4.69, 9.17) is 0 Å². The molecule has 40 heavy (non-hydrogen) atoms. The van der Waals surface area contributed by atoms with Crippen molar-refractivity contribution in [1.29, 1.82) is 0 Å². The molecule has 0 fully saturated rings. The van der Waals surface area contributed by atoms with Gasteiger partial charge in [0.1, 0.15) is 0 Å². The summed E-state index contributed by atoms with van der Waals surface area (Å²) in [4.78, 5) is 0. The third kappa shape index (κ3) is 6.24. The first-order valence-electron chi connectivity index (χ1n) is 16.6. The van der Waals surface area contributed by atoms with Crippen molar-refractivity contribution < 1.29 is 0 Å². The monoisotopic (exact) mass is 808 g/mol. The summed E-state index contributed by atoms with van der Waals surface area (Å²) in [6.45, 7) is 79.5. The molecule has 0 saturated heterocycles. The van der Waals surface area contributed by atoms with Crippen molar-refractivity contribution in [3.8, 4) is 0 Å². The van der Waals surface area contributed by atoms with Gasteiger partial charge in [-0.25, -0.2) is 0 Å². The Balaban J connectivity index is 10.1. The van der Waals surface area contributed by atoms with E-state index < -0.39 is 94.1 Å². The number of hydrogen-bond donors (Lipinski definition) is 0. The van der Waals surface area contributed by atoms with Crippen LogP contribution in [0.15, 0.2) is 0 Å². The van der Waals surface area contributed by atoms with Crippen LogP contribution in [0.4, 0.5) is 0 Å². The van der Waals surface area contributed by atoms with Crippen LogP contribution < -0.4 is 0 Å². The molecule has 0 rings (SSSR count). The Hall–Kier alpha value is 2.82. The molecule has 0 aromatic rings. The predicted octanol–water partition coefficient (Wildman–Crippen LogP) is 12.6. The van der Waals surface area contributed by atoms with Crippen LogP contribution in [-0.2, 0) is 0 Å². The maximum absolute atomic E-state index is 2.94. The molecule has 0 aromatic heterocycles. The van der Waals surface area contributed by atoms with Gasteiger partial charge in [0.05, 0.1) is 0 Å². The molecular weight excluding hydrogens is 728 g/mol. The molecule has 0 unspecified atom stereocenters. The Morgan fingerprint density at radius 1 is 0.200 bits per heavy atom. The van der Waals surface area contributed by atoms with Crippen molar-refractivity contribution in [2.24, 2.45) is 0 Å². The molecule has 240 valence electrons. The third-order valence-electron chi connectivity index (χ3n) is 11.9. The van der Waals surface area contributed by atoms with Gasteiger partial charge in [-0.3, -0.25) is 0 Å². The van der Waals surface area contributed by atoms with E-state index in [0.717, 1.165) is 6.12 Å². The van der Waals surface area contributed by atoms with Gasteiger partial charge in [0.15, 0.2) is 0 Å². The minimum absolute atomic E-state index is 0.774. The summed E-state index contributed by atoms with van der Waals surface area (Å²) >= 11 is -2.82. The fourth-order valence-electron chi connectivity index (χ4n) is 15.0. The fourth-order valence-corrected chi connectivity index (χ4v) is 228. The Morgan fingerprint density at radius 2 is 0.275 bits per heavy atom. The van der Waals surface area contributed by atoms with Gasteiger partial charge in [0.2, 0.25) is 0 Å². The zero-order valence-electron chi connectivity index (χ0n) is 33.6. The van der Waals surface area contributed by atoms with Crippen LogP contribution in [0.3, 0.4) is 0 Å². The van der Waals surface area contributed by atoms with Gasteiger partial charge in [0, 0.05) is 0 Å². The summed E-state index contributed by atoms with van der Waals surface area (Å²) in [7, 11) is -14.5. The zero-order valence-corrected chi connectivity index (χ0v) is 45.9. The summed E-state index contributed by atoms with van der Waals surface area (Å²) in [5.74, 6) is 0. The molecule has 0 aliphatic heterocycles. The summed E-state index contributed by atoms with van der Waals surface area (Å²) in [5.41, 5.74) is 0. The molecule has 0 aliphatic carbocycles. The van der Waals surface area contributed by atoms with Crippen LogP contribution >= 0.6 is 0 Å². The van der Waals surface area contributed by atoms with Crippen molar-refractivity contribution in [3.05, 3.63) is 0 Å². The van der Waals surface area contributed by atoms with Crippen molar-refractivity contribution in [1.82, 2.24) is 0 Å². The van der Waals surface area contributed by atoms with E-state index in [1.165, 1.54) is 0 Å². The van der Waals surface area contributed by atoms with Gasteiger partial charge in [0.25, 0.3) is 0 Å². The normalized spacial score (nSPS) is 16.9. The fraction of sp³-hybridized carbons (Fsp3) is 1.00. The van der Waals surface area contributed by atoms with Gasteiger partial charge in [-0.15, -0.1) is 0 Å². The second-order valence-electron chi connectivity index (χ2n) is 23.1. The topological polar surface area (TPSA) is 0 Å². The van der Waals surface area contributed by atoms with Crippen LogP contribution in [-0.4, -0.2) is 94.1 Å². The average molecular weight is 810 g/mol. The number of hydrogen-bond acceptors (Lipinski definition) is 0. The summed E-state index contributed by atoms with van der Waals surface area (Å²) in [6, 6.07) is 0. The maximum atomic E-state index is 2.94. The van der Waals surface area contributed by atoms with Crippen LogP contribution in [0.2, 0.25) is 183 Å². The summed E-state index contributed by atoms with van der Waals surface area (Å²) in [5, 5.41) is 0. The van der Waals surface area contributed by atoms with Gasteiger partial charge < -0.3 is 0 Å². The molecule has 0 atom stereocenters. The molecule has 0 spiro atoms. The molecule has 0 nitrogen and oxygen atoms in total. The van der Waals surface area contributed by atoms with E-state index in [1.54, 1.807) is 0 Å². The molecule has 0 radical (unpaired) electrons. The van der Waals surface area contributed by atoms with Crippen LogP contribution in [0.25, 0.3) is 0 Å². The Bertz CT molecular complexity index is 653. The van der Waals surface area contributed by atoms with Gasteiger partial charge >= 0.3 is 277 Å². The first kappa shape index (κ1) is 42.8. The van der Waals surface area contributed by atoms with E-state index in [2.05, 4.69) is 177 Å². The molecule has 0 amide bonds. The Labute approximate surface area is 274 Å². The van der Waals surface area contributed by atoms with Crippen molar-refractivity contribution in [3.63, 3.8) is 0 Å². The van der Waals surface area contributed by atoms with Gasteiger partial charge in [-0.1, -0.05) is 0 Å². The zero-order chi connectivity index (χ0) is 33.6. The minimum atomic E-state index is -2.82. The van der Waals surface area contributed by atoms with Crippen LogP contribution in [0.1, 0.15) is 0 Å². The third-order valence-corrected chi connectivity index (χ3v) is 165. The Morgan fingerprint density at radius 3 is 0.325 bits per heavy atom. The van der Waals surface area contributed by atoms with Gasteiger partial charge in [-0.2, -0.15) is 0 Å². The SMILES string of the molecule is C[Si](C)(C)[C]([In]([C]([Si](C)(C)C)([Si](C)(C)C)[Si](C)(C)C)[C]([Si](C)(C)C)([Si](C)(C)C)[Si](C)(C)C)([Si](C)(C)C)[Si](C)(C)C. The quantitative estimate of drug-likeness (QED) is 0.172. The van der Waals surface area contributed by atoms with Gasteiger partial charge in [-0.05, 0) is 0 Å². The molecule has 0 heterocycles. The summed E-state index contributed by atoms with van der Waals surface area (Å²) < 4.78 is 2.32. The summed E-state index contributed by atoms with van der Waals surface area (Å²) in [6.07, 6.45) is 0. The van der Waals surface area contributed by atoms with E-state index in [-0.39, 0.29) is 0 Å². The first-order chi connectivity index (χ1) is 16.6. The van der Waals surface area contributed by atoms with Crippen molar-refractivity contribution in [2.75, 3.05) is 0 Å². The predicted molar refractivity (Wildman–Crippen MR) is 224 cm³/mol. The molecule has 0 saturated carbocycles. The molecule has 0 N–H and O–H groups in total. The van der Waals surface area contributed by atoms with Crippen LogP contribution in [0, 0.1) is 0 Å². The van der Waals surface area contributed by atoms with Crippen LogP contribution in [0.5, 0.6) is 0 Å². The second-order valence-corrected chi connectivity index (χ2v) is 99.9.